The van der Waals surface area contributed by atoms with Gasteiger partial charge < -0.3 is 4.52 Å². The Balaban J connectivity index is 2.76. The smallest absolute Gasteiger partial charge is 0.166 e. The monoisotopic (exact) mass is 116 g/mol. The fraction of sp³-hybridized carbons (Fsp3) is 0.333. The van der Waals surface area contributed by atoms with Crippen molar-refractivity contribution in [3.8, 4) is 0 Å². The van der Waals surface area contributed by atoms with Gasteiger partial charge in [0.1, 0.15) is 0 Å². The van der Waals surface area contributed by atoms with Crippen LogP contribution in [-0.2, 0) is 5.75 Å². The van der Waals surface area contributed by atoms with Crippen molar-refractivity contribution in [2.45, 2.75) is 5.75 Å². The van der Waals surface area contributed by atoms with E-state index in [1.807, 2.05) is 0 Å². The summed E-state index contributed by atoms with van der Waals surface area (Å²) in [5, 5.41) is 6.65. The Bertz CT molecular complexity index is 127. The maximum Gasteiger partial charge on any atom is 0.166 e. The number of thiol groups is 1. The van der Waals surface area contributed by atoms with Gasteiger partial charge in [0.25, 0.3) is 0 Å². The van der Waals surface area contributed by atoms with E-state index in [1.54, 1.807) is 0 Å². The highest BCUT2D eigenvalue weighted by molar-refractivity contribution is 7.79. The van der Waals surface area contributed by atoms with E-state index in [0.29, 0.717) is 11.5 Å². The normalized spacial score (nSPS) is 9.29. The van der Waals surface area contributed by atoms with Crippen LogP contribution >= 0.6 is 12.6 Å². The van der Waals surface area contributed by atoms with Crippen LogP contribution in [0.3, 0.4) is 0 Å². The average molecular weight is 116 g/mol. The Morgan fingerprint density at radius 2 is 2.71 bits per heavy atom. The van der Waals surface area contributed by atoms with Crippen LogP contribution in [0, 0.1) is 0 Å². The molecule has 0 aromatic carbocycles. The lowest BCUT2D eigenvalue weighted by Crippen LogP contribution is -1.64. The van der Waals surface area contributed by atoms with Gasteiger partial charge in [-0.1, -0.05) is 0 Å². The molecule has 0 aliphatic heterocycles. The van der Waals surface area contributed by atoms with Gasteiger partial charge in [-0.25, -0.2) is 0 Å². The summed E-state index contributed by atoms with van der Waals surface area (Å²) in [7, 11) is 0. The van der Waals surface area contributed by atoms with Crippen molar-refractivity contribution < 1.29 is 4.52 Å². The van der Waals surface area contributed by atoms with Crippen molar-refractivity contribution in [3.63, 3.8) is 0 Å². The molecule has 38 valence electrons. The van der Waals surface area contributed by atoms with Crippen LogP contribution < -0.4 is 0 Å². The summed E-state index contributed by atoms with van der Waals surface area (Å²) in [5.74, 6) is 1.26. The summed E-state index contributed by atoms with van der Waals surface area (Å²) < 4.78 is 4.55. The van der Waals surface area contributed by atoms with E-state index in [4.69, 9.17) is 0 Å². The second-order valence-corrected chi connectivity index (χ2v) is 1.36. The zero-order valence-electron chi connectivity index (χ0n) is 3.53. The molecule has 1 aromatic rings. The van der Waals surface area contributed by atoms with Crippen molar-refractivity contribution >= 4 is 12.6 Å². The summed E-state index contributed by atoms with van der Waals surface area (Å²) in [6.07, 6.45) is 1.53. The second-order valence-electron chi connectivity index (χ2n) is 1.04. The van der Waals surface area contributed by atoms with Gasteiger partial charge in [-0.15, -0.1) is 5.10 Å². The van der Waals surface area contributed by atoms with Gasteiger partial charge in [0.2, 0.25) is 0 Å². The molecule has 4 heteroatoms. The maximum atomic E-state index is 4.55. The third-order valence-corrected chi connectivity index (χ3v) is 0.874. The number of rotatable bonds is 1. The van der Waals surface area contributed by atoms with Crippen LogP contribution in [0.4, 0.5) is 0 Å². The molecule has 0 saturated heterocycles. The number of nitrogens with zero attached hydrogens (tertiary/aromatic N) is 2. The third-order valence-electron chi connectivity index (χ3n) is 0.563. The van der Waals surface area contributed by atoms with Gasteiger partial charge in [0.05, 0.1) is 11.9 Å². The van der Waals surface area contributed by atoms with Crippen LogP contribution in [0.15, 0.2) is 10.7 Å². The molecule has 0 radical (unpaired) electrons. The molecule has 1 heterocycles. The Hall–Kier alpha value is -0.510. The summed E-state index contributed by atoms with van der Waals surface area (Å²) >= 11 is 3.90. The Kier molecular flexibility index (Phi) is 1.31. The lowest BCUT2D eigenvalue weighted by molar-refractivity contribution is 0.372. The van der Waals surface area contributed by atoms with Crippen molar-refractivity contribution in [2.75, 3.05) is 0 Å². The van der Waals surface area contributed by atoms with Gasteiger partial charge in [-0.05, 0) is 0 Å². The van der Waals surface area contributed by atoms with Gasteiger partial charge in [0, 0.05) is 5.27 Å². The molecule has 0 unspecified atom stereocenters. The van der Waals surface area contributed by atoms with Gasteiger partial charge in [0.15, 0.2) is 5.76 Å². The lowest BCUT2D eigenvalue weighted by Gasteiger charge is -1.73. The highest BCUT2D eigenvalue weighted by atomic mass is 32.1. The molecule has 0 aliphatic carbocycles. The highest BCUT2D eigenvalue weighted by Gasteiger charge is 1.88. The van der Waals surface area contributed by atoms with Crippen LogP contribution in [0.2, 0.25) is 0 Å². The van der Waals surface area contributed by atoms with Crippen molar-refractivity contribution in [1.82, 2.24) is 10.4 Å². The molecule has 0 amide bonds. The van der Waals surface area contributed by atoms with Crippen LogP contribution in [0.25, 0.3) is 0 Å². The zero-order valence-corrected chi connectivity index (χ0v) is 4.43. The Morgan fingerprint density at radius 3 is 3.00 bits per heavy atom. The SMILES string of the molecule is SCc1cnno1. The van der Waals surface area contributed by atoms with E-state index < -0.39 is 0 Å². The van der Waals surface area contributed by atoms with Crippen LogP contribution in [0.1, 0.15) is 5.76 Å². The average Bonchev–Trinajstić information content (AvgIpc) is 2.14. The molecule has 0 atom stereocenters. The Morgan fingerprint density at radius 1 is 1.86 bits per heavy atom. The van der Waals surface area contributed by atoms with E-state index in [0.717, 1.165) is 0 Å². The van der Waals surface area contributed by atoms with Crippen LogP contribution in [-0.4, -0.2) is 10.4 Å². The minimum absolute atomic E-state index is 0.562. The van der Waals surface area contributed by atoms with Crippen LogP contribution in [0.5, 0.6) is 0 Å². The first-order chi connectivity index (χ1) is 3.43. The fourth-order valence-corrected chi connectivity index (χ4v) is 0.397. The largest absolute Gasteiger partial charge is 0.341 e. The lowest BCUT2D eigenvalue weighted by atomic mass is 10.6. The second kappa shape index (κ2) is 1.97. The molecule has 3 nitrogen and oxygen atoms in total. The highest BCUT2D eigenvalue weighted by Crippen LogP contribution is 1.95. The summed E-state index contributed by atoms with van der Waals surface area (Å²) in [5.41, 5.74) is 0. The van der Waals surface area contributed by atoms with E-state index in [-0.39, 0.29) is 0 Å². The standard InChI is InChI=1S/C3H4N2OS/c7-2-3-1-4-5-6-3/h1,7H,2H2. The predicted octanol–water partition coefficient (Wildman–Crippen LogP) is 0.499. The first kappa shape index (κ1) is 4.64. The van der Waals surface area contributed by atoms with E-state index in [1.165, 1.54) is 6.20 Å². The Labute approximate surface area is 46.1 Å². The zero-order chi connectivity index (χ0) is 5.11. The molecule has 0 spiro atoms. The van der Waals surface area contributed by atoms with Gasteiger partial charge in [-0.2, -0.15) is 12.6 Å². The molecule has 0 fully saturated rings. The molecule has 0 aliphatic rings. The number of aromatic nitrogens is 2. The minimum Gasteiger partial charge on any atom is -0.341 e. The van der Waals surface area contributed by atoms with Gasteiger partial charge in [-0.3, -0.25) is 0 Å². The molecular formula is C3H4N2OS. The fourth-order valence-electron chi connectivity index (χ4n) is 0.257. The topological polar surface area (TPSA) is 38.9 Å². The van der Waals surface area contributed by atoms with Gasteiger partial charge >= 0.3 is 0 Å². The number of hydrogen-bond donors (Lipinski definition) is 1. The first-order valence-corrected chi connectivity index (χ1v) is 2.44. The first-order valence-electron chi connectivity index (χ1n) is 1.80. The molecule has 1 rings (SSSR count). The molecule has 0 bridgehead atoms. The van der Waals surface area contributed by atoms with E-state index in [9.17, 15) is 0 Å². The van der Waals surface area contributed by atoms with Crippen molar-refractivity contribution in [1.29, 1.82) is 0 Å². The third kappa shape index (κ3) is 0.928. The van der Waals surface area contributed by atoms with Crippen molar-refractivity contribution in [3.05, 3.63) is 12.0 Å². The van der Waals surface area contributed by atoms with E-state index in [2.05, 4.69) is 27.5 Å². The summed E-state index contributed by atoms with van der Waals surface area (Å²) in [6.45, 7) is 0. The van der Waals surface area contributed by atoms with E-state index >= 15 is 0 Å². The predicted molar refractivity (Wildman–Crippen MR) is 27.0 cm³/mol. The molecule has 0 saturated carbocycles. The maximum absolute atomic E-state index is 4.55. The molecule has 7 heavy (non-hydrogen) atoms. The summed E-state index contributed by atoms with van der Waals surface area (Å²) in [4.78, 5) is 0. The quantitative estimate of drug-likeness (QED) is 0.543. The van der Waals surface area contributed by atoms with Crippen molar-refractivity contribution in [2.24, 2.45) is 0 Å². The molecular weight excluding hydrogens is 112 g/mol. The minimum atomic E-state index is 0.562. The molecule has 0 N–H and O–H groups in total. The molecule has 1 aromatic heterocycles. The summed E-state index contributed by atoms with van der Waals surface area (Å²) in [6, 6.07) is 0. The number of hydrogen-bond acceptors (Lipinski definition) is 4.